The zero-order valence-corrected chi connectivity index (χ0v) is 11.0. The molecule has 1 saturated heterocycles. The lowest BCUT2D eigenvalue weighted by molar-refractivity contribution is 0.352. The van der Waals surface area contributed by atoms with Gasteiger partial charge in [0.2, 0.25) is 0 Å². The van der Waals surface area contributed by atoms with E-state index in [1.807, 2.05) is 11.8 Å². The summed E-state index contributed by atoms with van der Waals surface area (Å²) in [4.78, 5) is 2.37. The summed E-state index contributed by atoms with van der Waals surface area (Å²) in [6.07, 6.45) is 7.64. The normalized spacial score (nSPS) is 16.7. The molecule has 0 aromatic rings. The van der Waals surface area contributed by atoms with Crippen LogP contribution in [0.4, 0.5) is 0 Å². The van der Waals surface area contributed by atoms with Crippen molar-refractivity contribution in [3.8, 4) is 0 Å². The van der Waals surface area contributed by atoms with E-state index in [1.54, 1.807) is 0 Å². The smallest absolute Gasteiger partial charge is 0.136 e. The van der Waals surface area contributed by atoms with Crippen molar-refractivity contribution in [3.05, 3.63) is 0 Å². The molecular formula is C11H22N2S2. The molecule has 0 saturated carbocycles. The molecule has 4 heteroatoms. The lowest BCUT2D eigenvalue weighted by atomic mass is 10.1. The lowest BCUT2D eigenvalue weighted by Crippen LogP contribution is -2.32. The molecule has 15 heavy (non-hydrogen) atoms. The number of nitrogens with two attached hydrogens (primary N) is 1. The Morgan fingerprint density at radius 1 is 1.13 bits per heavy atom. The second-order valence-corrected chi connectivity index (χ2v) is 5.74. The minimum atomic E-state index is 0.821. The molecule has 0 bridgehead atoms. The van der Waals surface area contributed by atoms with E-state index in [-0.39, 0.29) is 0 Å². The summed E-state index contributed by atoms with van der Waals surface area (Å²) in [7, 11) is 0. The molecule has 2 N–H and O–H groups in total. The van der Waals surface area contributed by atoms with Crippen LogP contribution in [0.15, 0.2) is 0 Å². The van der Waals surface area contributed by atoms with Gasteiger partial charge in [0.15, 0.2) is 0 Å². The van der Waals surface area contributed by atoms with Crippen molar-refractivity contribution in [2.75, 3.05) is 25.4 Å². The number of hydrogen-bond donors (Lipinski definition) is 1. The monoisotopic (exact) mass is 246 g/mol. The quantitative estimate of drug-likeness (QED) is 0.596. The van der Waals surface area contributed by atoms with Crippen molar-refractivity contribution in [1.82, 2.24) is 4.90 Å². The predicted molar refractivity (Wildman–Crippen MR) is 73.4 cm³/mol. The maximum absolute atomic E-state index is 5.45. The third-order valence-electron chi connectivity index (χ3n) is 2.69. The van der Waals surface area contributed by atoms with Gasteiger partial charge in [-0.2, -0.15) is 0 Å². The molecular weight excluding hydrogens is 224 g/mol. The van der Waals surface area contributed by atoms with E-state index >= 15 is 0 Å². The van der Waals surface area contributed by atoms with Gasteiger partial charge in [0.05, 0.1) is 0 Å². The summed E-state index contributed by atoms with van der Waals surface area (Å²) in [5.74, 6) is 1.16. The number of thiocarbonyl (C=S) groups is 1. The third kappa shape index (κ3) is 5.73. The van der Waals surface area contributed by atoms with Crippen LogP contribution in [0, 0.1) is 0 Å². The Hall–Kier alpha value is 0.200. The SMILES string of the molecule is NCCCCCSC(=S)N1CCCCC1. The van der Waals surface area contributed by atoms with Gasteiger partial charge in [-0.05, 0) is 38.6 Å². The molecule has 1 heterocycles. The van der Waals surface area contributed by atoms with Crippen molar-refractivity contribution in [2.24, 2.45) is 5.73 Å². The first kappa shape index (κ1) is 13.3. The minimum Gasteiger partial charge on any atom is -0.358 e. The fraction of sp³-hybridized carbons (Fsp3) is 0.909. The van der Waals surface area contributed by atoms with Crippen LogP contribution in [-0.2, 0) is 0 Å². The number of likely N-dealkylation sites (tertiary alicyclic amines) is 1. The molecule has 1 aliphatic rings. The van der Waals surface area contributed by atoms with Crippen molar-refractivity contribution in [3.63, 3.8) is 0 Å². The highest BCUT2D eigenvalue weighted by molar-refractivity contribution is 8.22. The zero-order chi connectivity index (χ0) is 10.9. The number of thioether (sulfide) groups is 1. The molecule has 0 aliphatic carbocycles. The highest BCUT2D eigenvalue weighted by Crippen LogP contribution is 2.17. The van der Waals surface area contributed by atoms with Gasteiger partial charge >= 0.3 is 0 Å². The van der Waals surface area contributed by atoms with Crippen molar-refractivity contribution in [1.29, 1.82) is 0 Å². The minimum absolute atomic E-state index is 0.821. The van der Waals surface area contributed by atoms with Crippen LogP contribution < -0.4 is 5.73 Å². The van der Waals surface area contributed by atoms with Crippen LogP contribution >= 0.6 is 24.0 Å². The molecule has 0 atom stereocenters. The number of hydrogen-bond acceptors (Lipinski definition) is 3. The first-order valence-electron chi connectivity index (χ1n) is 5.96. The first-order valence-corrected chi connectivity index (χ1v) is 7.36. The number of unbranched alkanes of at least 4 members (excludes halogenated alkanes) is 2. The van der Waals surface area contributed by atoms with Crippen molar-refractivity contribution < 1.29 is 0 Å². The van der Waals surface area contributed by atoms with Crippen LogP contribution in [-0.4, -0.2) is 34.6 Å². The Balaban J connectivity index is 2.02. The van der Waals surface area contributed by atoms with Crippen LogP contribution in [0.1, 0.15) is 38.5 Å². The van der Waals surface area contributed by atoms with Gasteiger partial charge in [-0.1, -0.05) is 30.4 Å². The average Bonchev–Trinajstić information content (AvgIpc) is 2.30. The van der Waals surface area contributed by atoms with E-state index in [2.05, 4.69) is 4.90 Å². The summed E-state index contributed by atoms with van der Waals surface area (Å²) in [6.45, 7) is 3.17. The fourth-order valence-corrected chi connectivity index (χ4v) is 3.07. The molecule has 0 aromatic carbocycles. The summed E-state index contributed by atoms with van der Waals surface area (Å²) >= 11 is 7.27. The standard InChI is InChI=1S/C11H22N2S2/c12-7-3-1-6-10-15-11(14)13-8-4-2-5-9-13/h1-10,12H2. The molecule has 88 valence electrons. The van der Waals surface area contributed by atoms with E-state index < -0.39 is 0 Å². The van der Waals surface area contributed by atoms with Crippen LogP contribution in [0.2, 0.25) is 0 Å². The Kier molecular flexibility index (Phi) is 7.40. The first-order chi connectivity index (χ1) is 7.34. The largest absolute Gasteiger partial charge is 0.358 e. The second-order valence-electron chi connectivity index (χ2n) is 4.01. The van der Waals surface area contributed by atoms with Gasteiger partial charge in [-0.25, -0.2) is 0 Å². The van der Waals surface area contributed by atoms with E-state index in [4.69, 9.17) is 18.0 Å². The summed E-state index contributed by atoms with van der Waals surface area (Å²) in [5.41, 5.74) is 5.45. The number of rotatable bonds is 5. The number of piperidine rings is 1. The van der Waals surface area contributed by atoms with E-state index in [9.17, 15) is 0 Å². The topological polar surface area (TPSA) is 29.3 Å². The van der Waals surface area contributed by atoms with Gasteiger partial charge in [0.1, 0.15) is 4.32 Å². The highest BCUT2D eigenvalue weighted by atomic mass is 32.2. The Morgan fingerprint density at radius 3 is 2.53 bits per heavy atom. The summed E-state index contributed by atoms with van der Waals surface area (Å²) < 4.78 is 1.11. The molecule has 0 spiro atoms. The van der Waals surface area contributed by atoms with Gasteiger partial charge in [0, 0.05) is 18.8 Å². The molecule has 2 nitrogen and oxygen atoms in total. The predicted octanol–water partition coefficient (Wildman–Crippen LogP) is 2.62. The zero-order valence-electron chi connectivity index (χ0n) is 9.41. The maximum Gasteiger partial charge on any atom is 0.136 e. The van der Waals surface area contributed by atoms with Gasteiger partial charge < -0.3 is 10.6 Å². The van der Waals surface area contributed by atoms with E-state index in [0.29, 0.717) is 0 Å². The van der Waals surface area contributed by atoms with Gasteiger partial charge in [0.25, 0.3) is 0 Å². The Labute approximate surface area is 103 Å². The fourth-order valence-electron chi connectivity index (χ4n) is 1.75. The maximum atomic E-state index is 5.45. The van der Waals surface area contributed by atoms with E-state index in [1.165, 1.54) is 45.2 Å². The summed E-state index contributed by atoms with van der Waals surface area (Å²) in [6, 6.07) is 0. The van der Waals surface area contributed by atoms with Crippen molar-refractivity contribution >= 4 is 28.3 Å². The van der Waals surface area contributed by atoms with E-state index in [0.717, 1.165) is 23.0 Å². The Bertz CT molecular complexity index is 179. The van der Waals surface area contributed by atoms with Crippen molar-refractivity contribution in [2.45, 2.75) is 38.5 Å². The molecule has 1 aliphatic heterocycles. The second kappa shape index (κ2) is 8.36. The molecule has 1 fully saturated rings. The van der Waals surface area contributed by atoms with Crippen LogP contribution in [0.5, 0.6) is 0 Å². The molecule has 1 rings (SSSR count). The Morgan fingerprint density at radius 2 is 1.87 bits per heavy atom. The van der Waals surface area contributed by atoms with Gasteiger partial charge in [-0.15, -0.1) is 0 Å². The molecule has 0 radical (unpaired) electrons. The van der Waals surface area contributed by atoms with Crippen LogP contribution in [0.3, 0.4) is 0 Å². The summed E-state index contributed by atoms with van der Waals surface area (Å²) in [5, 5.41) is 0. The highest BCUT2D eigenvalue weighted by Gasteiger charge is 2.12. The van der Waals surface area contributed by atoms with Crippen LogP contribution in [0.25, 0.3) is 0 Å². The molecule has 0 aromatic heterocycles. The van der Waals surface area contributed by atoms with Gasteiger partial charge in [-0.3, -0.25) is 0 Å². The molecule has 0 unspecified atom stereocenters. The molecule has 0 amide bonds. The third-order valence-corrected chi connectivity index (χ3v) is 4.30. The lowest BCUT2D eigenvalue weighted by Gasteiger charge is -2.28. The average molecular weight is 246 g/mol. The number of nitrogens with zero attached hydrogens (tertiary/aromatic N) is 1.